The summed E-state index contributed by atoms with van der Waals surface area (Å²) in [5.74, 6) is -3.64. The molecular formula is C27H41N7O11. The van der Waals surface area contributed by atoms with Gasteiger partial charge in [-0.05, 0) is 37.8 Å². The van der Waals surface area contributed by atoms with Gasteiger partial charge in [0.05, 0.1) is 18.7 Å². The lowest BCUT2D eigenvalue weighted by Crippen LogP contribution is -2.54. The topological polar surface area (TPSA) is 273 Å². The first-order valence-electron chi connectivity index (χ1n) is 14.3. The molecule has 18 nitrogen and oxygen atoms in total. The van der Waals surface area contributed by atoms with Crippen molar-refractivity contribution in [2.24, 2.45) is 5.73 Å². The van der Waals surface area contributed by atoms with Gasteiger partial charge in [-0.3, -0.25) is 34.4 Å². The van der Waals surface area contributed by atoms with Crippen LogP contribution < -0.4 is 27.0 Å². The Morgan fingerprint density at radius 1 is 1.20 bits per heavy atom. The van der Waals surface area contributed by atoms with Crippen molar-refractivity contribution in [2.75, 3.05) is 39.4 Å². The SMILES string of the molecule is N[C@@H](COC(=O)c1ccccc1O)C(=O)N[C@H](CO)CN[C@H](CCCN(O)C=O)C(=O)NCCC(=O)NC1CCCN(O)C1=O. The molecule has 0 spiro atoms. The van der Waals surface area contributed by atoms with E-state index in [1.54, 1.807) is 0 Å². The number of ether oxygens (including phenoxy) is 1. The van der Waals surface area contributed by atoms with Crippen LogP contribution in [-0.4, -0.2) is 130 Å². The summed E-state index contributed by atoms with van der Waals surface area (Å²) in [6.45, 7) is -1.20. The third-order valence-electron chi connectivity index (χ3n) is 6.75. The average molecular weight is 640 g/mol. The minimum atomic E-state index is -1.32. The van der Waals surface area contributed by atoms with Crippen LogP contribution in [0.4, 0.5) is 0 Å². The molecule has 1 aromatic carbocycles. The zero-order valence-electron chi connectivity index (χ0n) is 24.6. The number of piperidine rings is 1. The fourth-order valence-electron chi connectivity index (χ4n) is 4.24. The van der Waals surface area contributed by atoms with Crippen LogP contribution in [-0.2, 0) is 28.7 Å². The van der Waals surface area contributed by atoms with Crippen molar-refractivity contribution < 1.29 is 54.1 Å². The quantitative estimate of drug-likeness (QED) is 0.0315. The predicted octanol–water partition coefficient (Wildman–Crippen LogP) is -3.06. The summed E-state index contributed by atoms with van der Waals surface area (Å²) in [4.78, 5) is 72.5. The summed E-state index contributed by atoms with van der Waals surface area (Å²) in [7, 11) is 0. The number of phenols is 1. The first kappa shape index (κ1) is 36.8. The number of para-hydroxylation sites is 1. The number of carbonyl (C=O) groups excluding carboxylic acids is 6. The molecule has 1 aromatic rings. The Bertz CT molecular complexity index is 1170. The predicted molar refractivity (Wildman–Crippen MR) is 153 cm³/mol. The molecule has 2 rings (SSSR count). The molecule has 0 radical (unpaired) electrons. The number of benzene rings is 1. The molecule has 0 aliphatic carbocycles. The maximum atomic E-state index is 12.9. The second kappa shape index (κ2) is 19.1. The number of aromatic hydroxyl groups is 1. The van der Waals surface area contributed by atoms with Crippen LogP contribution in [0.25, 0.3) is 0 Å². The molecule has 45 heavy (non-hydrogen) atoms. The maximum Gasteiger partial charge on any atom is 0.341 e. The molecule has 0 saturated carbocycles. The van der Waals surface area contributed by atoms with Crippen molar-refractivity contribution in [3.8, 4) is 5.75 Å². The van der Waals surface area contributed by atoms with Gasteiger partial charge in [0.15, 0.2) is 0 Å². The molecule has 250 valence electrons. The van der Waals surface area contributed by atoms with Gasteiger partial charge in [0, 0.05) is 32.6 Å². The van der Waals surface area contributed by atoms with E-state index < -0.39 is 67.0 Å². The molecule has 4 atom stereocenters. The van der Waals surface area contributed by atoms with Gasteiger partial charge in [-0.2, -0.15) is 0 Å². The standard InChI is InChI=1S/C27H41N7O11/c28-19(15-45-27(42)18-5-1-2-8-22(18)37)24(39)31-17(14-35)13-30-20(6-3-11-33(43)16-36)25(40)29-10-9-23(38)32-21-7-4-12-34(44)26(21)41/h1-2,5,8,16-17,19-21,30,35,37,43-44H,3-4,6-7,9-15,28H2,(H,29,40)(H,31,39)(H,32,38)/t17-,19-,20+,21?/m0/s1. The van der Waals surface area contributed by atoms with Crippen molar-refractivity contribution in [3.63, 3.8) is 0 Å². The molecule has 1 aliphatic rings. The highest BCUT2D eigenvalue weighted by molar-refractivity contribution is 5.92. The fraction of sp³-hybridized carbons (Fsp3) is 0.556. The van der Waals surface area contributed by atoms with E-state index in [0.717, 1.165) is 0 Å². The zero-order valence-corrected chi connectivity index (χ0v) is 24.6. The van der Waals surface area contributed by atoms with Gasteiger partial charge in [0.2, 0.25) is 24.1 Å². The number of carbonyl (C=O) groups is 6. The van der Waals surface area contributed by atoms with Crippen LogP contribution in [0.15, 0.2) is 24.3 Å². The van der Waals surface area contributed by atoms with Gasteiger partial charge < -0.3 is 42.0 Å². The van der Waals surface area contributed by atoms with E-state index >= 15 is 0 Å². The van der Waals surface area contributed by atoms with Crippen LogP contribution in [0, 0.1) is 0 Å². The second-order valence-electron chi connectivity index (χ2n) is 10.2. The third-order valence-corrected chi connectivity index (χ3v) is 6.75. The Morgan fingerprint density at radius 3 is 2.62 bits per heavy atom. The third kappa shape index (κ3) is 12.6. The molecule has 1 fully saturated rings. The van der Waals surface area contributed by atoms with Gasteiger partial charge in [0.1, 0.15) is 30.0 Å². The van der Waals surface area contributed by atoms with Gasteiger partial charge in [-0.1, -0.05) is 12.1 Å². The number of hydrogen-bond acceptors (Lipinski definition) is 13. The van der Waals surface area contributed by atoms with Crippen LogP contribution in [0.2, 0.25) is 0 Å². The lowest BCUT2D eigenvalue weighted by molar-refractivity contribution is -0.173. The number of hydroxylamine groups is 4. The second-order valence-corrected chi connectivity index (χ2v) is 10.2. The summed E-state index contributed by atoms with van der Waals surface area (Å²) < 4.78 is 4.99. The Hall–Kier alpha value is -4.36. The van der Waals surface area contributed by atoms with E-state index in [2.05, 4.69) is 21.3 Å². The monoisotopic (exact) mass is 639 g/mol. The molecule has 0 bridgehead atoms. The minimum absolute atomic E-state index is 0.0802. The molecule has 10 N–H and O–H groups in total. The van der Waals surface area contributed by atoms with Crippen LogP contribution in [0.3, 0.4) is 0 Å². The number of nitrogens with two attached hydrogens (primary N) is 1. The number of aliphatic hydroxyl groups excluding tert-OH is 1. The number of aliphatic hydroxyl groups is 1. The van der Waals surface area contributed by atoms with Gasteiger partial charge in [-0.25, -0.2) is 14.9 Å². The first-order chi connectivity index (χ1) is 21.5. The molecule has 1 aliphatic heterocycles. The Balaban J connectivity index is 1.86. The first-order valence-corrected chi connectivity index (χ1v) is 14.3. The van der Waals surface area contributed by atoms with Crippen molar-refractivity contribution in [1.29, 1.82) is 0 Å². The van der Waals surface area contributed by atoms with Crippen LogP contribution in [0.5, 0.6) is 5.75 Å². The van der Waals surface area contributed by atoms with Gasteiger partial charge in [0.25, 0.3) is 5.91 Å². The van der Waals surface area contributed by atoms with Crippen molar-refractivity contribution >= 4 is 36.0 Å². The maximum absolute atomic E-state index is 12.9. The number of rotatable bonds is 19. The van der Waals surface area contributed by atoms with Crippen LogP contribution in [0.1, 0.15) is 42.5 Å². The summed E-state index contributed by atoms with van der Waals surface area (Å²) in [5.41, 5.74) is 5.70. The molecule has 18 heteroatoms. The smallest absolute Gasteiger partial charge is 0.341 e. The van der Waals surface area contributed by atoms with Crippen molar-refractivity contribution in [1.82, 2.24) is 31.4 Å². The van der Waals surface area contributed by atoms with Crippen molar-refractivity contribution in [3.05, 3.63) is 29.8 Å². The highest BCUT2D eigenvalue weighted by atomic mass is 16.5. The Labute approximate surface area is 258 Å². The van der Waals surface area contributed by atoms with Gasteiger partial charge in [-0.15, -0.1) is 0 Å². The molecule has 1 unspecified atom stereocenters. The molecule has 1 heterocycles. The van der Waals surface area contributed by atoms with Crippen LogP contribution >= 0.6 is 0 Å². The van der Waals surface area contributed by atoms with E-state index in [1.807, 2.05) is 0 Å². The van der Waals surface area contributed by atoms with E-state index in [-0.39, 0.29) is 63.2 Å². The average Bonchev–Trinajstić information content (AvgIpc) is 3.02. The molecule has 5 amide bonds. The Morgan fingerprint density at radius 2 is 1.93 bits per heavy atom. The summed E-state index contributed by atoms with van der Waals surface area (Å²) in [6, 6.07) is 1.62. The van der Waals surface area contributed by atoms with Gasteiger partial charge >= 0.3 is 5.97 Å². The minimum Gasteiger partial charge on any atom is -0.507 e. The summed E-state index contributed by atoms with van der Waals surface area (Å²) in [6.07, 6.45) is 1.23. The highest BCUT2D eigenvalue weighted by Gasteiger charge is 2.29. The number of amides is 5. The van der Waals surface area contributed by atoms with Crippen molar-refractivity contribution in [2.45, 2.75) is 56.3 Å². The number of nitrogens with zero attached hydrogens (tertiary/aromatic N) is 2. The Kier molecular flexibility index (Phi) is 15.6. The number of nitrogens with one attached hydrogen (secondary N) is 4. The van der Waals surface area contributed by atoms with E-state index in [1.165, 1.54) is 24.3 Å². The number of esters is 1. The van der Waals surface area contributed by atoms with E-state index in [9.17, 15) is 49.4 Å². The molecule has 0 aromatic heterocycles. The highest BCUT2D eigenvalue weighted by Crippen LogP contribution is 2.16. The lowest BCUT2D eigenvalue weighted by Gasteiger charge is -2.27. The summed E-state index contributed by atoms with van der Waals surface area (Å²) in [5, 5.41) is 49.8. The fourth-order valence-corrected chi connectivity index (χ4v) is 4.24. The lowest BCUT2D eigenvalue weighted by atomic mass is 10.1. The number of phenolic OH excluding ortho intramolecular Hbond substituents is 1. The molecular weight excluding hydrogens is 598 g/mol. The van der Waals surface area contributed by atoms with E-state index in [4.69, 9.17) is 10.5 Å². The van der Waals surface area contributed by atoms with E-state index in [0.29, 0.717) is 23.0 Å². The normalized spacial score (nSPS) is 16.6. The largest absolute Gasteiger partial charge is 0.507 e. The number of hydrogen-bond donors (Lipinski definition) is 9. The summed E-state index contributed by atoms with van der Waals surface area (Å²) >= 11 is 0. The zero-order chi connectivity index (χ0) is 33.4. The molecule has 1 saturated heterocycles.